The summed E-state index contributed by atoms with van der Waals surface area (Å²) >= 11 is 0. The lowest BCUT2D eigenvalue weighted by molar-refractivity contribution is -0.140. The number of aromatic nitrogens is 2. The summed E-state index contributed by atoms with van der Waals surface area (Å²) < 4.78 is 79.4. The molecule has 3 N–H and O–H groups in total. The number of hydrogen-bond acceptors (Lipinski definition) is 8. The molecular weight excluding hydrogens is 615 g/mol. The van der Waals surface area contributed by atoms with Crippen LogP contribution >= 0.6 is 0 Å². The second-order valence-corrected chi connectivity index (χ2v) is 11.5. The predicted molar refractivity (Wildman–Crippen MR) is 157 cm³/mol. The molecule has 1 aliphatic heterocycles. The van der Waals surface area contributed by atoms with Crippen molar-refractivity contribution in [3.8, 4) is 5.88 Å². The van der Waals surface area contributed by atoms with Gasteiger partial charge in [-0.2, -0.15) is 13.2 Å². The number of methoxy groups -OCH3 is 1. The minimum Gasteiger partial charge on any atom is -0.480 e. The number of benzene rings is 2. The van der Waals surface area contributed by atoms with Gasteiger partial charge in [-0.3, -0.25) is 9.59 Å². The molecular formula is C31H31F5N6O4. The van der Waals surface area contributed by atoms with Gasteiger partial charge in [-0.15, -0.1) is 0 Å². The maximum absolute atomic E-state index is 15.1. The highest BCUT2D eigenvalue weighted by Gasteiger charge is 2.51. The molecule has 2 bridgehead atoms. The zero-order valence-corrected chi connectivity index (χ0v) is 24.7. The van der Waals surface area contributed by atoms with Gasteiger partial charge in [0, 0.05) is 30.5 Å². The highest BCUT2D eigenvalue weighted by atomic mass is 19.4. The Kier molecular flexibility index (Phi) is 8.68. The first-order valence-corrected chi connectivity index (χ1v) is 14.8. The molecule has 2 saturated carbocycles. The molecule has 0 unspecified atom stereocenters. The number of carbonyl (C=O) groups is 2. The number of fused-ring (bicyclic) bond motifs is 2. The zero-order valence-electron chi connectivity index (χ0n) is 24.7. The Hall–Kier alpha value is -4.53. The fraction of sp³-hybridized carbons (Fsp3) is 0.419. The van der Waals surface area contributed by atoms with Gasteiger partial charge in [0.05, 0.1) is 37.5 Å². The van der Waals surface area contributed by atoms with E-state index in [0.717, 1.165) is 12.5 Å². The van der Waals surface area contributed by atoms with Crippen LogP contribution in [0.1, 0.15) is 35.2 Å². The number of carbonyl (C=O) groups excluding carboxylic acids is 2. The van der Waals surface area contributed by atoms with Gasteiger partial charge in [0.2, 0.25) is 11.8 Å². The number of anilines is 4. The van der Waals surface area contributed by atoms with Crippen molar-refractivity contribution >= 4 is 34.7 Å². The van der Waals surface area contributed by atoms with E-state index in [1.54, 1.807) is 12.1 Å². The van der Waals surface area contributed by atoms with Gasteiger partial charge in [0.1, 0.15) is 23.5 Å². The van der Waals surface area contributed by atoms with Gasteiger partial charge in [-0.05, 0) is 67.5 Å². The monoisotopic (exact) mass is 646 g/mol. The van der Waals surface area contributed by atoms with Crippen LogP contribution in [0.25, 0.3) is 0 Å². The minimum absolute atomic E-state index is 0.0398. The quantitative estimate of drug-likeness (QED) is 0.288. The van der Waals surface area contributed by atoms with E-state index >= 15 is 4.39 Å². The molecule has 0 spiro atoms. The SMILES string of the molecule is COc1ncnc(Nc2ccc(N3CCOCC3)c(F)c2)c1C(=O)N[C@@H]1[C@H]2CC[C@H](C2)[C@@H]1C(=O)Nc1ccc(F)c(C(F)(F)F)c1. The number of ether oxygens (including phenoxy) is 2. The van der Waals surface area contributed by atoms with Crippen LogP contribution in [-0.4, -0.2) is 61.2 Å². The molecule has 46 heavy (non-hydrogen) atoms. The maximum Gasteiger partial charge on any atom is 0.419 e. The molecule has 244 valence electrons. The molecule has 10 nitrogen and oxygen atoms in total. The summed E-state index contributed by atoms with van der Waals surface area (Å²) in [6.45, 7) is 2.10. The summed E-state index contributed by atoms with van der Waals surface area (Å²) in [6.07, 6.45) is -1.66. The smallest absolute Gasteiger partial charge is 0.419 e. The Balaban J connectivity index is 1.22. The van der Waals surface area contributed by atoms with E-state index in [2.05, 4.69) is 25.9 Å². The third kappa shape index (κ3) is 6.28. The van der Waals surface area contributed by atoms with Crippen LogP contribution in [0.2, 0.25) is 0 Å². The average Bonchev–Trinajstić information content (AvgIpc) is 3.64. The summed E-state index contributed by atoms with van der Waals surface area (Å²) in [7, 11) is 1.32. The van der Waals surface area contributed by atoms with Crippen LogP contribution in [-0.2, 0) is 15.7 Å². The van der Waals surface area contributed by atoms with Crippen molar-refractivity contribution < 1.29 is 41.0 Å². The van der Waals surface area contributed by atoms with E-state index in [1.165, 1.54) is 19.5 Å². The maximum atomic E-state index is 15.1. The van der Waals surface area contributed by atoms with Crippen molar-refractivity contribution in [2.45, 2.75) is 31.5 Å². The Bertz CT molecular complexity index is 1630. The second kappa shape index (κ2) is 12.7. The molecule has 3 aliphatic rings. The highest BCUT2D eigenvalue weighted by Crippen LogP contribution is 2.49. The molecule has 0 radical (unpaired) electrons. The fourth-order valence-corrected chi connectivity index (χ4v) is 6.75. The molecule has 1 aromatic heterocycles. The Morgan fingerprint density at radius 3 is 2.43 bits per heavy atom. The number of rotatable bonds is 8. The Labute approximate surface area is 260 Å². The molecule has 15 heteroatoms. The third-order valence-corrected chi connectivity index (χ3v) is 8.85. The lowest BCUT2D eigenvalue weighted by Gasteiger charge is -2.31. The van der Waals surface area contributed by atoms with Crippen molar-refractivity contribution in [1.29, 1.82) is 0 Å². The number of halogens is 5. The zero-order chi connectivity index (χ0) is 32.6. The summed E-state index contributed by atoms with van der Waals surface area (Å²) in [5.41, 5.74) is -1.03. The van der Waals surface area contributed by atoms with Crippen LogP contribution in [0.15, 0.2) is 42.7 Å². The average molecular weight is 647 g/mol. The summed E-state index contributed by atoms with van der Waals surface area (Å²) in [6, 6.07) is 6.17. The van der Waals surface area contributed by atoms with E-state index in [1.807, 2.05) is 4.90 Å². The van der Waals surface area contributed by atoms with Crippen molar-refractivity contribution in [1.82, 2.24) is 15.3 Å². The minimum atomic E-state index is -4.94. The van der Waals surface area contributed by atoms with Crippen LogP contribution in [0.3, 0.4) is 0 Å². The van der Waals surface area contributed by atoms with Gasteiger partial charge in [-0.25, -0.2) is 18.7 Å². The molecule has 2 amide bonds. The molecule has 2 heterocycles. The van der Waals surface area contributed by atoms with Gasteiger partial charge >= 0.3 is 6.18 Å². The third-order valence-electron chi connectivity index (χ3n) is 8.85. The molecule has 3 fully saturated rings. The van der Waals surface area contributed by atoms with Gasteiger partial charge in [-0.1, -0.05) is 0 Å². The van der Waals surface area contributed by atoms with Gasteiger partial charge in [0.25, 0.3) is 5.91 Å². The number of morpholine rings is 1. The molecule has 6 rings (SSSR count). The predicted octanol–water partition coefficient (Wildman–Crippen LogP) is 5.15. The van der Waals surface area contributed by atoms with Gasteiger partial charge in [0.15, 0.2) is 5.82 Å². The number of hydrogen-bond donors (Lipinski definition) is 3. The number of nitrogens with one attached hydrogen (secondary N) is 3. The number of amides is 2. The first-order valence-electron chi connectivity index (χ1n) is 14.8. The van der Waals surface area contributed by atoms with E-state index in [0.29, 0.717) is 62.7 Å². The van der Waals surface area contributed by atoms with Crippen molar-refractivity contribution in [2.24, 2.45) is 17.8 Å². The summed E-state index contributed by atoms with van der Waals surface area (Å²) in [4.78, 5) is 37.4. The van der Waals surface area contributed by atoms with Crippen LogP contribution in [0, 0.1) is 29.4 Å². The normalized spacial score (nSPS) is 22.4. The second-order valence-electron chi connectivity index (χ2n) is 11.5. The number of nitrogens with zero attached hydrogens (tertiary/aromatic N) is 3. The lowest BCUT2D eigenvalue weighted by atomic mass is 9.83. The number of alkyl halides is 3. The van der Waals surface area contributed by atoms with Crippen LogP contribution in [0.5, 0.6) is 5.88 Å². The first-order chi connectivity index (χ1) is 22.0. The van der Waals surface area contributed by atoms with Crippen molar-refractivity contribution in [3.63, 3.8) is 0 Å². The molecule has 2 aliphatic carbocycles. The summed E-state index contributed by atoms with van der Waals surface area (Å²) in [5, 5.41) is 8.38. The molecule has 1 saturated heterocycles. The Morgan fingerprint density at radius 1 is 0.978 bits per heavy atom. The molecule has 2 aromatic carbocycles. The van der Waals surface area contributed by atoms with Crippen LogP contribution in [0.4, 0.5) is 44.8 Å². The highest BCUT2D eigenvalue weighted by molar-refractivity contribution is 6.02. The van der Waals surface area contributed by atoms with E-state index in [-0.39, 0.29) is 34.8 Å². The van der Waals surface area contributed by atoms with Crippen molar-refractivity contribution in [2.75, 3.05) is 48.9 Å². The fourth-order valence-electron chi connectivity index (χ4n) is 6.75. The first kappa shape index (κ1) is 31.5. The topological polar surface area (TPSA) is 118 Å². The largest absolute Gasteiger partial charge is 0.480 e. The van der Waals surface area contributed by atoms with E-state index < -0.39 is 47.1 Å². The molecule has 3 aromatic rings. The lowest BCUT2D eigenvalue weighted by Crippen LogP contribution is -2.48. The standard InChI is InChI=1S/C31H31F5N6O4/c1-45-30-25(27(37-15-38-30)39-19-5-7-23(22(33)14-19)42-8-10-46-11-9-42)29(44)41-26-17-3-2-16(12-17)24(26)28(43)40-18-4-6-21(32)20(13-18)31(34,35)36/h4-7,13-17,24,26H,2-3,8-12H2,1H3,(H,40,43)(H,41,44)(H,37,38,39)/t16-,17+,24+,26-/m1/s1. The van der Waals surface area contributed by atoms with E-state index in [4.69, 9.17) is 9.47 Å². The van der Waals surface area contributed by atoms with Crippen molar-refractivity contribution in [3.05, 3.63) is 65.5 Å². The molecule has 4 atom stereocenters. The van der Waals surface area contributed by atoms with E-state index in [9.17, 15) is 27.2 Å². The summed E-state index contributed by atoms with van der Waals surface area (Å²) in [5.74, 6) is -4.10. The van der Waals surface area contributed by atoms with Gasteiger partial charge < -0.3 is 30.3 Å². The Morgan fingerprint density at radius 2 is 1.72 bits per heavy atom. The van der Waals surface area contributed by atoms with Crippen LogP contribution < -0.4 is 25.6 Å².